The summed E-state index contributed by atoms with van der Waals surface area (Å²) in [4.78, 5) is 19.3. The fraction of sp³-hybridized carbons (Fsp3) is 0.250. The Hall–Kier alpha value is -2.61. The zero-order valence-electron chi connectivity index (χ0n) is 15.7. The van der Waals surface area contributed by atoms with Crippen LogP contribution in [0.5, 0.6) is 0 Å². The van der Waals surface area contributed by atoms with Gasteiger partial charge in [0.1, 0.15) is 5.82 Å². The first-order valence-corrected chi connectivity index (χ1v) is 9.90. The molecule has 0 unspecified atom stereocenters. The number of carbonyl (C=O) groups is 1. The third-order valence-electron chi connectivity index (χ3n) is 4.57. The second-order valence-corrected chi connectivity index (χ2v) is 7.47. The van der Waals surface area contributed by atoms with Crippen molar-refractivity contribution < 1.29 is 9.53 Å². The summed E-state index contributed by atoms with van der Waals surface area (Å²) in [7, 11) is 0. The summed E-state index contributed by atoms with van der Waals surface area (Å²) in [5.41, 5.74) is 2.29. The number of nitrogens with one attached hydrogen (secondary N) is 1. The van der Waals surface area contributed by atoms with E-state index in [9.17, 15) is 4.79 Å². The molecule has 1 fully saturated rings. The van der Waals surface area contributed by atoms with Crippen LogP contribution in [0.25, 0.3) is 5.69 Å². The lowest BCUT2D eigenvalue weighted by atomic mass is 10.2. The maximum atomic E-state index is 12.8. The molecule has 0 aliphatic carbocycles. The summed E-state index contributed by atoms with van der Waals surface area (Å²) in [6.07, 6.45) is 0. The molecule has 7 nitrogen and oxygen atoms in total. The molecular formula is C20H19Cl2N5O2. The first-order valence-electron chi connectivity index (χ1n) is 9.14. The Bertz CT molecular complexity index is 1030. The van der Waals surface area contributed by atoms with E-state index in [-0.39, 0.29) is 11.7 Å². The lowest BCUT2D eigenvalue weighted by molar-refractivity contribution is 0.101. The van der Waals surface area contributed by atoms with Crippen molar-refractivity contribution in [3.8, 4) is 5.69 Å². The number of nitrogens with zero attached hydrogens (tertiary/aromatic N) is 4. The van der Waals surface area contributed by atoms with Crippen molar-refractivity contribution in [3.05, 3.63) is 64.2 Å². The van der Waals surface area contributed by atoms with E-state index in [0.717, 1.165) is 18.8 Å². The molecule has 0 saturated carbocycles. The topological polar surface area (TPSA) is 72.3 Å². The average Bonchev–Trinajstić information content (AvgIpc) is 3.10. The monoisotopic (exact) mass is 431 g/mol. The number of hydrogen-bond acceptors (Lipinski definition) is 5. The Balaban J connectivity index is 1.59. The van der Waals surface area contributed by atoms with Crippen molar-refractivity contribution in [1.82, 2.24) is 14.8 Å². The number of amides is 1. The summed E-state index contributed by atoms with van der Waals surface area (Å²) >= 11 is 12.2. The van der Waals surface area contributed by atoms with Gasteiger partial charge in [-0.15, -0.1) is 5.10 Å². The Morgan fingerprint density at radius 3 is 2.52 bits per heavy atom. The Kier molecular flexibility index (Phi) is 5.71. The largest absolute Gasteiger partial charge is 0.378 e. The van der Waals surface area contributed by atoms with E-state index in [2.05, 4.69) is 20.3 Å². The predicted molar refractivity (Wildman–Crippen MR) is 114 cm³/mol. The number of aromatic nitrogens is 3. The molecule has 3 aromatic rings. The Labute approximate surface area is 178 Å². The van der Waals surface area contributed by atoms with Crippen LogP contribution in [0.15, 0.2) is 42.5 Å². The normalized spacial score (nSPS) is 14.1. The van der Waals surface area contributed by atoms with Gasteiger partial charge in [-0.3, -0.25) is 4.79 Å². The molecule has 1 aliphatic heterocycles. The third-order valence-corrected chi connectivity index (χ3v) is 5.00. The molecule has 0 bridgehead atoms. The van der Waals surface area contributed by atoms with Crippen LogP contribution in [-0.4, -0.2) is 47.0 Å². The molecule has 29 heavy (non-hydrogen) atoms. The van der Waals surface area contributed by atoms with Crippen molar-refractivity contribution in [2.75, 3.05) is 36.5 Å². The molecule has 1 aliphatic rings. The third kappa shape index (κ3) is 4.37. The minimum Gasteiger partial charge on any atom is -0.378 e. The minimum atomic E-state index is -0.388. The van der Waals surface area contributed by atoms with Crippen molar-refractivity contribution in [1.29, 1.82) is 0 Å². The molecule has 1 saturated heterocycles. The zero-order valence-corrected chi connectivity index (χ0v) is 17.2. The van der Waals surface area contributed by atoms with Crippen LogP contribution in [0.2, 0.25) is 10.0 Å². The molecule has 0 radical (unpaired) electrons. The molecule has 2 aromatic carbocycles. The Morgan fingerprint density at radius 1 is 1.10 bits per heavy atom. The van der Waals surface area contributed by atoms with E-state index in [4.69, 9.17) is 27.9 Å². The number of benzene rings is 2. The summed E-state index contributed by atoms with van der Waals surface area (Å²) in [6.45, 7) is 4.63. The fourth-order valence-electron chi connectivity index (χ4n) is 3.23. The molecule has 2 heterocycles. The SMILES string of the molecule is Cc1nc(C(=O)Nc2ccccc2N2CCOCC2)nn1-c1cc(Cl)cc(Cl)c1. The van der Waals surface area contributed by atoms with Gasteiger partial charge in [-0.1, -0.05) is 35.3 Å². The first kappa shape index (κ1) is 19.7. The van der Waals surface area contributed by atoms with Gasteiger partial charge in [0.2, 0.25) is 5.82 Å². The quantitative estimate of drug-likeness (QED) is 0.676. The van der Waals surface area contributed by atoms with E-state index < -0.39 is 0 Å². The number of aryl methyl sites for hydroxylation is 1. The molecule has 1 amide bonds. The molecule has 1 aromatic heterocycles. The number of ether oxygens (including phenoxy) is 1. The van der Waals surface area contributed by atoms with E-state index >= 15 is 0 Å². The number of halogens is 2. The van der Waals surface area contributed by atoms with Crippen LogP contribution in [0.1, 0.15) is 16.4 Å². The standard InChI is InChI=1S/C20H19Cl2N5O2/c1-13-23-19(25-27(13)16-11-14(21)10-15(22)12-16)20(28)24-17-4-2-3-5-18(17)26-6-8-29-9-7-26/h2-5,10-12H,6-9H2,1H3,(H,24,28). The summed E-state index contributed by atoms with van der Waals surface area (Å²) in [6, 6.07) is 12.7. The highest BCUT2D eigenvalue weighted by molar-refractivity contribution is 6.34. The van der Waals surface area contributed by atoms with Gasteiger partial charge in [0.25, 0.3) is 5.91 Å². The van der Waals surface area contributed by atoms with Gasteiger partial charge in [-0.05, 0) is 37.3 Å². The summed E-state index contributed by atoms with van der Waals surface area (Å²) in [5, 5.41) is 8.23. The van der Waals surface area contributed by atoms with E-state index in [0.29, 0.717) is 40.5 Å². The van der Waals surface area contributed by atoms with Crippen molar-refractivity contribution in [2.45, 2.75) is 6.92 Å². The number of anilines is 2. The second kappa shape index (κ2) is 8.41. The molecule has 0 spiro atoms. The number of rotatable bonds is 4. The van der Waals surface area contributed by atoms with Gasteiger partial charge in [0.05, 0.1) is 30.3 Å². The fourth-order valence-corrected chi connectivity index (χ4v) is 3.74. The van der Waals surface area contributed by atoms with Gasteiger partial charge in [0.15, 0.2) is 0 Å². The predicted octanol–water partition coefficient (Wildman–Crippen LogP) is 3.97. The molecular weight excluding hydrogens is 413 g/mol. The maximum absolute atomic E-state index is 12.8. The van der Waals surface area contributed by atoms with Crippen LogP contribution in [0.3, 0.4) is 0 Å². The van der Waals surface area contributed by atoms with Gasteiger partial charge in [-0.25, -0.2) is 9.67 Å². The lowest BCUT2D eigenvalue weighted by Gasteiger charge is -2.30. The van der Waals surface area contributed by atoms with Crippen LogP contribution >= 0.6 is 23.2 Å². The number of carbonyl (C=O) groups excluding carboxylic acids is 1. The van der Waals surface area contributed by atoms with E-state index in [1.165, 1.54) is 0 Å². The van der Waals surface area contributed by atoms with Crippen molar-refractivity contribution in [3.63, 3.8) is 0 Å². The maximum Gasteiger partial charge on any atom is 0.295 e. The van der Waals surface area contributed by atoms with Crippen LogP contribution in [0.4, 0.5) is 11.4 Å². The summed E-state index contributed by atoms with van der Waals surface area (Å²) < 4.78 is 6.96. The lowest BCUT2D eigenvalue weighted by Crippen LogP contribution is -2.36. The average molecular weight is 432 g/mol. The van der Waals surface area contributed by atoms with Crippen molar-refractivity contribution >= 4 is 40.5 Å². The van der Waals surface area contributed by atoms with E-state index in [1.54, 1.807) is 29.8 Å². The second-order valence-electron chi connectivity index (χ2n) is 6.59. The number of para-hydroxylation sites is 2. The van der Waals surface area contributed by atoms with Crippen molar-refractivity contribution in [2.24, 2.45) is 0 Å². The molecule has 0 atom stereocenters. The highest BCUT2D eigenvalue weighted by Crippen LogP contribution is 2.27. The van der Waals surface area contributed by atoms with Crippen LogP contribution in [-0.2, 0) is 4.74 Å². The van der Waals surface area contributed by atoms with E-state index in [1.807, 2.05) is 24.3 Å². The van der Waals surface area contributed by atoms with Gasteiger partial charge in [-0.2, -0.15) is 0 Å². The van der Waals surface area contributed by atoms with Gasteiger partial charge < -0.3 is 15.0 Å². The molecule has 4 rings (SSSR count). The number of hydrogen-bond donors (Lipinski definition) is 1. The van der Waals surface area contributed by atoms with Gasteiger partial charge >= 0.3 is 0 Å². The highest BCUT2D eigenvalue weighted by Gasteiger charge is 2.19. The molecule has 150 valence electrons. The molecule has 1 N–H and O–H groups in total. The highest BCUT2D eigenvalue weighted by atomic mass is 35.5. The number of morpholine rings is 1. The minimum absolute atomic E-state index is 0.0652. The molecule has 9 heteroatoms. The first-order chi connectivity index (χ1) is 14.0. The van der Waals surface area contributed by atoms with Crippen LogP contribution < -0.4 is 10.2 Å². The smallest absolute Gasteiger partial charge is 0.295 e. The van der Waals surface area contributed by atoms with Crippen LogP contribution in [0, 0.1) is 6.92 Å². The van der Waals surface area contributed by atoms with Gasteiger partial charge in [0, 0.05) is 23.1 Å². The zero-order chi connectivity index (χ0) is 20.4. The Morgan fingerprint density at radius 2 is 1.79 bits per heavy atom. The summed E-state index contributed by atoms with van der Waals surface area (Å²) in [5.74, 6) is 0.228.